The molecule has 4 atom stereocenters. The van der Waals surface area contributed by atoms with Crippen LogP contribution in [0, 0.1) is 0 Å². The number of aliphatic hydroxyl groups is 2. The summed E-state index contributed by atoms with van der Waals surface area (Å²) in [6.07, 6.45) is -2.58. The number of rotatable bonds is 2. The van der Waals surface area contributed by atoms with E-state index in [1.54, 1.807) is 0 Å². The average Bonchev–Trinajstić information content (AvgIpc) is 2.94. The highest BCUT2D eigenvalue weighted by atomic mass is 19.1. The van der Waals surface area contributed by atoms with Crippen molar-refractivity contribution in [2.45, 2.75) is 24.6 Å². The van der Waals surface area contributed by atoms with Crippen LogP contribution in [0.1, 0.15) is 6.23 Å². The van der Waals surface area contributed by atoms with E-state index in [-0.39, 0.29) is 5.82 Å². The number of hydrogen-bond acceptors (Lipinski definition) is 7. The van der Waals surface area contributed by atoms with E-state index in [0.717, 1.165) is 0 Å². The number of anilines is 1. The Morgan fingerprint density at radius 3 is 2.89 bits per heavy atom. The number of nitrogen functional groups attached to an aromatic ring is 1. The van der Waals surface area contributed by atoms with Crippen molar-refractivity contribution in [1.29, 1.82) is 0 Å². The van der Waals surface area contributed by atoms with Gasteiger partial charge in [0.1, 0.15) is 24.1 Å². The second-order valence-corrected chi connectivity index (χ2v) is 4.27. The molecule has 0 bridgehead atoms. The van der Waals surface area contributed by atoms with Crippen molar-refractivity contribution in [1.82, 2.24) is 19.5 Å². The molecular weight excluding hydrogens is 257 g/mol. The second kappa shape index (κ2) is 4.37. The molecule has 3 heterocycles. The van der Waals surface area contributed by atoms with E-state index in [2.05, 4.69) is 15.0 Å². The third-order valence-corrected chi connectivity index (χ3v) is 3.13. The first-order chi connectivity index (χ1) is 9.13. The summed E-state index contributed by atoms with van der Waals surface area (Å²) in [6.45, 7) is -0.515. The monoisotopic (exact) mass is 269 g/mol. The van der Waals surface area contributed by atoms with Crippen LogP contribution in [0.3, 0.4) is 0 Å². The molecule has 0 radical (unpaired) electrons. The molecule has 8 nitrogen and oxygen atoms in total. The Morgan fingerprint density at radius 2 is 2.21 bits per heavy atom. The average molecular weight is 269 g/mol. The van der Waals surface area contributed by atoms with Gasteiger partial charge in [0, 0.05) is 0 Å². The van der Waals surface area contributed by atoms with Crippen LogP contribution in [-0.4, -0.2) is 54.7 Å². The lowest BCUT2D eigenvalue weighted by Crippen LogP contribution is -2.29. The van der Waals surface area contributed by atoms with Crippen molar-refractivity contribution in [3.63, 3.8) is 0 Å². The molecule has 4 N–H and O–H groups in total. The smallest absolute Gasteiger partial charge is 0.167 e. The van der Waals surface area contributed by atoms with Crippen LogP contribution in [0.2, 0.25) is 0 Å². The van der Waals surface area contributed by atoms with Gasteiger partial charge in [-0.05, 0) is 0 Å². The summed E-state index contributed by atoms with van der Waals surface area (Å²) in [5.74, 6) is 0.187. The predicted octanol–water partition coefficient (Wildman–Crippen LogP) is -1.00. The van der Waals surface area contributed by atoms with Crippen molar-refractivity contribution < 1.29 is 19.3 Å². The largest absolute Gasteiger partial charge is 0.394 e. The SMILES string of the molecule is Nc1ncnc2c1ncn2[C@@H]1O[C@@H](CO)[C@@H](F)[C@@H]1O. The van der Waals surface area contributed by atoms with Crippen molar-refractivity contribution in [2.24, 2.45) is 0 Å². The van der Waals surface area contributed by atoms with Gasteiger partial charge in [0.25, 0.3) is 0 Å². The topological polar surface area (TPSA) is 119 Å². The van der Waals surface area contributed by atoms with Crippen molar-refractivity contribution in [3.05, 3.63) is 12.7 Å². The molecule has 0 unspecified atom stereocenters. The normalized spacial score (nSPS) is 31.1. The van der Waals surface area contributed by atoms with Crippen LogP contribution in [-0.2, 0) is 4.74 Å². The molecule has 2 aromatic heterocycles. The molecule has 1 aliphatic heterocycles. The van der Waals surface area contributed by atoms with Crippen LogP contribution in [0.15, 0.2) is 12.7 Å². The van der Waals surface area contributed by atoms with Gasteiger partial charge in [-0.2, -0.15) is 0 Å². The predicted molar refractivity (Wildman–Crippen MR) is 61.6 cm³/mol. The second-order valence-electron chi connectivity index (χ2n) is 4.27. The third kappa shape index (κ3) is 1.74. The number of fused-ring (bicyclic) bond motifs is 1. The molecule has 0 amide bonds. The van der Waals surface area contributed by atoms with E-state index in [0.29, 0.717) is 11.2 Å². The van der Waals surface area contributed by atoms with Crippen LogP contribution >= 0.6 is 0 Å². The van der Waals surface area contributed by atoms with Gasteiger partial charge in [0.05, 0.1) is 12.9 Å². The fourth-order valence-corrected chi connectivity index (χ4v) is 2.14. The zero-order chi connectivity index (χ0) is 13.6. The fourth-order valence-electron chi connectivity index (χ4n) is 2.14. The Labute approximate surface area is 106 Å². The highest BCUT2D eigenvalue weighted by Crippen LogP contribution is 2.33. The van der Waals surface area contributed by atoms with Crippen LogP contribution < -0.4 is 5.73 Å². The first-order valence-electron chi connectivity index (χ1n) is 5.65. The molecule has 3 rings (SSSR count). The molecule has 1 aliphatic rings. The number of aliphatic hydroxyl groups excluding tert-OH is 2. The maximum absolute atomic E-state index is 13.7. The number of aromatic nitrogens is 4. The van der Waals surface area contributed by atoms with E-state index < -0.39 is 31.2 Å². The van der Waals surface area contributed by atoms with E-state index in [9.17, 15) is 9.50 Å². The van der Waals surface area contributed by atoms with E-state index in [1.807, 2.05) is 0 Å². The standard InChI is InChI=1S/C10H12FN5O3/c11-5-4(1-17)19-10(7(5)18)16-3-15-6-8(12)13-2-14-9(6)16/h2-5,7,10,17-18H,1H2,(H2,12,13,14)/t4-,5+,7-,10+/m0/s1. The first kappa shape index (κ1) is 12.2. The van der Waals surface area contributed by atoms with Crippen LogP contribution in [0.25, 0.3) is 11.2 Å². The molecule has 0 aliphatic carbocycles. The number of ether oxygens (including phenoxy) is 1. The summed E-state index contributed by atoms with van der Waals surface area (Å²) < 4.78 is 20.3. The Bertz CT molecular complexity index is 606. The molecule has 0 spiro atoms. The molecule has 0 aromatic carbocycles. The van der Waals surface area contributed by atoms with Gasteiger partial charge in [-0.1, -0.05) is 0 Å². The van der Waals surface area contributed by atoms with Gasteiger partial charge in [0.15, 0.2) is 23.9 Å². The minimum absolute atomic E-state index is 0.187. The maximum atomic E-state index is 13.7. The summed E-state index contributed by atoms with van der Waals surface area (Å²) in [6, 6.07) is 0. The molecule has 19 heavy (non-hydrogen) atoms. The molecule has 9 heteroatoms. The van der Waals surface area contributed by atoms with E-state index in [1.165, 1.54) is 17.2 Å². The minimum Gasteiger partial charge on any atom is -0.394 e. The Hall–Kier alpha value is -1.84. The lowest BCUT2D eigenvalue weighted by Gasteiger charge is -2.15. The third-order valence-electron chi connectivity index (χ3n) is 3.13. The van der Waals surface area contributed by atoms with Gasteiger partial charge in [-0.15, -0.1) is 0 Å². The van der Waals surface area contributed by atoms with Gasteiger partial charge < -0.3 is 20.7 Å². The molecule has 2 aromatic rings. The van der Waals surface area contributed by atoms with Crippen molar-refractivity contribution >= 4 is 17.0 Å². The summed E-state index contributed by atoms with van der Waals surface area (Å²) in [5, 5.41) is 18.8. The number of alkyl halides is 1. The Kier molecular flexibility index (Phi) is 2.81. The minimum atomic E-state index is -1.67. The summed E-state index contributed by atoms with van der Waals surface area (Å²) in [5.41, 5.74) is 6.32. The Morgan fingerprint density at radius 1 is 1.42 bits per heavy atom. The number of halogens is 1. The van der Waals surface area contributed by atoms with Gasteiger partial charge in [-0.25, -0.2) is 19.3 Å². The number of nitrogens with two attached hydrogens (primary N) is 1. The summed E-state index contributed by atoms with van der Waals surface area (Å²) >= 11 is 0. The van der Waals surface area contributed by atoms with E-state index in [4.69, 9.17) is 15.6 Å². The van der Waals surface area contributed by atoms with Crippen molar-refractivity contribution in [3.8, 4) is 0 Å². The highest BCUT2D eigenvalue weighted by Gasteiger charge is 2.45. The van der Waals surface area contributed by atoms with Crippen LogP contribution in [0.4, 0.5) is 10.2 Å². The van der Waals surface area contributed by atoms with E-state index >= 15 is 0 Å². The summed E-state index contributed by atoms with van der Waals surface area (Å²) in [4.78, 5) is 11.8. The highest BCUT2D eigenvalue weighted by molar-refractivity contribution is 5.81. The lowest BCUT2D eigenvalue weighted by atomic mass is 10.1. The van der Waals surface area contributed by atoms with Gasteiger partial charge in [-0.3, -0.25) is 4.57 Å². The molecular formula is C10H12FN5O3. The number of imidazole rings is 1. The van der Waals surface area contributed by atoms with Crippen molar-refractivity contribution in [2.75, 3.05) is 12.3 Å². The number of nitrogens with zero attached hydrogens (tertiary/aromatic N) is 4. The zero-order valence-corrected chi connectivity index (χ0v) is 9.72. The quantitative estimate of drug-likeness (QED) is 0.639. The molecule has 1 saturated heterocycles. The molecule has 0 saturated carbocycles. The first-order valence-corrected chi connectivity index (χ1v) is 5.65. The zero-order valence-electron chi connectivity index (χ0n) is 9.72. The summed E-state index contributed by atoms with van der Waals surface area (Å²) in [7, 11) is 0. The molecule has 1 fully saturated rings. The number of hydrogen-bond donors (Lipinski definition) is 3. The van der Waals surface area contributed by atoms with Crippen LogP contribution in [0.5, 0.6) is 0 Å². The molecule has 102 valence electrons. The van der Waals surface area contributed by atoms with Gasteiger partial charge >= 0.3 is 0 Å². The van der Waals surface area contributed by atoms with Gasteiger partial charge in [0.2, 0.25) is 0 Å². The lowest BCUT2D eigenvalue weighted by molar-refractivity contribution is -0.0495. The maximum Gasteiger partial charge on any atom is 0.167 e. The Balaban J connectivity index is 2.04. The fraction of sp³-hybridized carbons (Fsp3) is 0.500.